The number of aryl methyl sites for hydroxylation is 2. The summed E-state index contributed by atoms with van der Waals surface area (Å²) in [7, 11) is -3.67. The number of amides is 1. The van der Waals surface area contributed by atoms with E-state index in [-0.39, 0.29) is 0 Å². The summed E-state index contributed by atoms with van der Waals surface area (Å²) in [4.78, 5) is 12.6. The summed E-state index contributed by atoms with van der Waals surface area (Å²) in [5.41, 5.74) is 2.85. The zero-order valence-corrected chi connectivity index (χ0v) is 17.2. The Morgan fingerprint density at radius 1 is 1.04 bits per heavy atom. The Balaban J connectivity index is 2.34. The summed E-state index contributed by atoms with van der Waals surface area (Å²) < 4.78 is 25.8. The van der Waals surface area contributed by atoms with Crippen molar-refractivity contribution in [3.63, 3.8) is 0 Å². The quantitative estimate of drug-likeness (QED) is 0.787. The largest absolute Gasteiger partial charge is 0.324 e. The van der Waals surface area contributed by atoms with Crippen molar-refractivity contribution in [3.8, 4) is 0 Å². The lowest BCUT2D eigenvalue weighted by Crippen LogP contribution is -2.45. The standard InChI is InChI=1S/C18H20Cl2N2O3S/c1-11-5-7-15(9-12(11)2)22(26(4,24)25)13(3)18(23)21-14-6-8-16(19)17(20)10-14/h5-10,13H,1-4H3,(H,21,23)/t13-/m1/s1. The van der Waals surface area contributed by atoms with E-state index in [9.17, 15) is 13.2 Å². The fourth-order valence-electron chi connectivity index (χ4n) is 2.49. The molecular formula is C18H20Cl2N2O3S. The maximum Gasteiger partial charge on any atom is 0.247 e. The third kappa shape index (κ3) is 4.69. The highest BCUT2D eigenvalue weighted by Gasteiger charge is 2.29. The number of rotatable bonds is 5. The minimum absolute atomic E-state index is 0.297. The van der Waals surface area contributed by atoms with Crippen LogP contribution in [-0.4, -0.2) is 26.6 Å². The van der Waals surface area contributed by atoms with Gasteiger partial charge in [0.1, 0.15) is 6.04 Å². The summed E-state index contributed by atoms with van der Waals surface area (Å²) in [6, 6.07) is 8.97. The Labute approximate surface area is 164 Å². The molecule has 1 amide bonds. The molecule has 0 aliphatic carbocycles. The van der Waals surface area contributed by atoms with Crippen LogP contribution in [0.5, 0.6) is 0 Å². The number of nitrogens with zero attached hydrogens (tertiary/aromatic N) is 1. The van der Waals surface area contributed by atoms with E-state index in [1.807, 2.05) is 19.9 Å². The highest BCUT2D eigenvalue weighted by molar-refractivity contribution is 7.92. The Morgan fingerprint density at radius 3 is 2.23 bits per heavy atom. The molecule has 1 N–H and O–H groups in total. The number of sulfonamides is 1. The molecule has 1 atom stereocenters. The fraction of sp³-hybridized carbons (Fsp3) is 0.278. The van der Waals surface area contributed by atoms with Gasteiger partial charge in [-0.25, -0.2) is 8.42 Å². The lowest BCUT2D eigenvalue weighted by atomic mass is 10.1. The number of anilines is 2. The van der Waals surface area contributed by atoms with E-state index in [2.05, 4.69) is 5.32 Å². The van der Waals surface area contributed by atoms with E-state index in [1.54, 1.807) is 24.3 Å². The molecule has 5 nitrogen and oxygen atoms in total. The van der Waals surface area contributed by atoms with Crippen molar-refractivity contribution in [1.82, 2.24) is 0 Å². The summed E-state index contributed by atoms with van der Waals surface area (Å²) in [6.07, 6.45) is 1.07. The Bertz CT molecular complexity index is 945. The van der Waals surface area contributed by atoms with Crippen LogP contribution in [0.15, 0.2) is 36.4 Å². The lowest BCUT2D eigenvalue weighted by molar-refractivity contribution is -0.116. The van der Waals surface area contributed by atoms with Crippen LogP contribution in [-0.2, 0) is 14.8 Å². The maximum atomic E-state index is 12.6. The van der Waals surface area contributed by atoms with Crippen LogP contribution in [0.4, 0.5) is 11.4 Å². The first kappa shape index (κ1) is 20.6. The molecule has 0 saturated heterocycles. The highest BCUT2D eigenvalue weighted by Crippen LogP contribution is 2.27. The van der Waals surface area contributed by atoms with Crippen molar-refractivity contribution >= 4 is 50.5 Å². The molecule has 8 heteroatoms. The van der Waals surface area contributed by atoms with E-state index >= 15 is 0 Å². The van der Waals surface area contributed by atoms with Crippen LogP contribution in [0.2, 0.25) is 10.0 Å². The van der Waals surface area contributed by atoms with Gasteiger partial charge in [0.05, 0.1) is 22.0 Å². The van der Waals surface area contributed by atoms with Gasteiger partial charge in [-0.3, -0.25) is 9.10 Å². The van der Waals surface area contributed by atoms with E-state index in [1.165, 1.54) is 13.0 Å². The molecule has 2 aromatic carbocycles. The van der Waals surface area contributed by atoms with Crippen LogP contribution in [0.25, 0.3) is 0 Å². The molecule has 0 spiro atoms. The molecule has 0 fully saturated rings. The smallest absolute Gasteiger partial charge is 0.247 e. The number of hydrogen-bond acceptors (Lipinski definition) is 3. The molecule has 0 unspecified atom stereocenters. The summed E-state index contributed by atoms with van der Waals surface area (Å²) in [5, 5.41) is 3.33. The van der Waals surface area contributed by atoms with Crippen molar-refractivity contribution in [3.05, 3.63) is 57.6 Å². The number of hydrogen-bond donors (Lipinski definition) is 1. The number of halogens is 2. The van der Waals surface area contributed by atoms with Crippen molar-refractivity contribution in [2.45, 2.75) is 26.8 Å². The van der Waals surface area contributed by atoms with Gasteiger partial charge in [-0.15, -0.1) is 0 Å². The molecule has 0 aromatic heterocycles. The topological polar surface area (TPSA) is 66.5 Å². The zero-order chi connectivity index (χ0) is 19.6. The maximum absolute atomic E-state index is 12.6. The van der Waals surface area contributed by atoms with Crippen LogP contribution >= 0.6 is 23.2 Å². The zero-order valence-electron chi connectivity index (χ0n) is 14.9. The van der Waals surface area contributed by atoms with Crippen molar-refractivity contribution in [2.24, 2.45) is 0 Å². The second-order valence-electron chi connectivity index (χ2n) is 6.12. The average Bonchev–Trinajstić information content (AvgIpc) is 2.53. The molecule has 0 bridgehead atoms. The highest BCUT2D eigenvalue weighted by atomic mass is 35.5. The van der Waals surface area contributed by atoms with Crippen LogP contribution < -0.4 is 9.62 Å². The van der Waals surface area contributed by atoms with Gasteiger partial charge in [0.25, 0.3) is 0 Å². The molecule has 2 aromatic rings. The summed E-state index contributed by atoms with van der Waals surface area (Å²) >= 11 is 11.8. The minimum atomic E-state index is -3.67. The first-order valence-corrected chi connectivity index (χ1v) is 10.4. The van der Waals surface area contributed by atoms with Crippen LogP contribution in [0, 0.1) is 13.8 Å². The Hall–Kier alpha value is -1.76. The van der Waals surface area contributed by atoms with Gasteiger partial charge >= 0.3 is 0 Å². The van der Waals surface area contributed by atoms with Gasteiger partial charge in [0, 0.05) is 5.69 Å². The second-order valence-corrected chi connectivity index (χ2v) is 8.80. The second kappa shape index (κ2) is 7.86. The molecule has 0 saturated carbocycles. The molecule has 140 valence electrons. The predicted molar refractivity (Wildman–Crippen MR) is 108 cm³/mol. The van der Waals surface area contributed by atoms with Crippen LogP contribution in [0.1, 0.15) is 18.1 Å². The van der Waals surface area contributed by atoms with Crippen molar-refractivity contribution in [2.75, 3.05) is 15.9 Å². The molecule has 0 aliphatic rings. The van der Waals surface area contributed by atoms with Gasteiger partial charge in [0.2, 0.25) is 15.9 Å². The average molecular weight is 415 g/mol. The first-order valence-electron chi connectivity index (χ1n) is 7.83. The van der Waals surface area contributed by atoms with Crippen molar-refractivity contribution in [1.29, 1.82) is 0 Å². The summed E-state index contributed by atoms with van der Waals surface area (Å²) in [5.74, 6) is -0.480. The number of benzene rings is 2. The molecule has 2 rings (SSSR count). The van der Waals surface area contributed by atoms with E-state index in [4.69, 9.17) is 23.2 Å². The monoisotopic (exact) mass is 414 g/mol. The first-order chi connectivity index (χ1) is 12.0. The number of nitrogens with one attached hydrogen (secondary N) is 1. The molecule has 0 heterocycles. The SMILES string of the molecule is Cc1ccc(N([C@H](C)C(=O)Nc2ccc(Cl)c(Cl)c2)S(C)(=O)=O)cc1C. The minimum Gasteiger partial charge on any atom is -0.324 e. The van der Waals surface area contributed by atoms with Gasteiger partial charge in [-0.1, -0.05) is 29.3 Å². The van der Waals surface area contributed by atoms with Gasteiger partial charge in [0.15, 0.2) is 0 Å². The number of carbonyl (C=O) groups is 1. The van der Waals surface area contributed by atoms with E-state index in [0.29, 0.717) is 21.4 Å². The van der Waals surface area contributed by atoms with Crippen molar-refractivity contribution < 1.29 is 13.2 Å². The molecule has 0 aliphatic heterocycles. The third-order valence-corrected chi connectivity index (χ3v) is 6.00. The van der Waals surface area contributed by atoms with Gasteiger partial charge in [-0.2, -0.15) is 0 Å². The number of carbonyl (C=O) groups excluding carboxylic acids is 1. The van der Waals surface area contributed by atoms with Crippen LogP contribution in [0.3, 0.4) is 0 Å². The lowest BCUT2D eigenvalue weighted by Gasteiger charge is -2.28. The molecular weight excluding hydrogens is 395 g/mol. The van der Waals surface area contributed by atoms with Gasteiger partial charge in [-0.05, 0) is 62.2 Å². The fourth-order valence-corrected chi connectivity index (χ4v) is 3.96. The molecule has 0 radical (unpaired) electrons. The Morgan fingerprint density at radius 2 is 1.69 bits per heavy atom. The summed E-state index contributed by atoms with van der Waals surface area (Å²) in [6.45, 7) is 5.35. The normalized spacial score (nSPS) is 12.5. The third-order valence-electron chi connectivity index (χ3n) is 4.02. The van der Waals surface area contributed by atoms with Gasteiger partial charge < -0.3 is 5.32 Å². The van der Waals surface area contributed by atoms with E-state index < -0.39 is 22.0 Å². The predicted octanol–water partition coefficient (Wildman–Crippen LogP) is 4.40. The molecule has 26 heavy (non-hydrogen) atoms. The Kier molecular flexibility index (Phi) is 6.21. The van der Waals surface area contributed by atoms with E-state index in [0.717, 1.165) is 21.7 Å².